The predicted molar refractivity (Wildman–Crippen MR) is 89.4 cm³/mol. The fraction of sp³-hybridized carbons (Fsp3) is 0.278. The molecule has 130 valence electrons. The summed E-state index contributed by atoms with van der Waals surface area (Å²) in [5.41, 5.74) is 2.69. The number of carbonyl (C=O) groups is 1. The van der Waals surface area contributed by atoms with E-state index >= 15 is 0 Å². The molecule has 2 aromatic heterocycles. The number of carbonyl (C=O) groups excluding carboxylic acids is 1. The lowest BCUT2D eigenvalue weighted by Crippen LogP contribution is -2.13. The molecular weight excluding hydrogens is 328 g/mol. The van der Waals surface area contributed by atoms with Gasteiger partial charge in [0.1, 0.15) is 6.54 Å². The first-order valence-electron chi connectivity index (χ1n) is 7.70. The van der Waals surface area contributed by atoms with Gasteiger partial charge in [-0.05, 0) is 19.9 Å². The summed E-state index contributed by atoms with van der Waals surface area (Å²) in [6, 6.07) is 8.81. The normalized spacial score (nSPS) is 11.3. The summed E-state index contributed by atoms with van der Waals surface area (Å²) in [5.74, 6) is -0.523. The molecule has 0 saturated carbocycles. The topological polar surface area (TPSA) is 57.0 Å². The van der Waals surface area contributed by atoms with Crippen LogP contribution in [0.4, 0.5) is 8.78 Å². The number of hydrogen-bond donors (Lipinski definition) is 0. The Balaban J connectivity index is 2.24. The minimum absolute atomic E-state index is 0.144. The fourth-order valence-electron chi connectivity index (χ4n) is 2.73. The summed E-state index contributed by atoms with van der Waals surface area (Å²) in [6.07, 6.45) is -2.68. The van der Waals surface area contributed by atoms with Crippen molar-refractivity contribution in [3.8, 4) is 11.3 Å². The number of halogens is 2. The summed E-state index contributed by atoms with van der Waals surface area (Å²) >= 11 is 0. The molecule has 25 heavy (non-hydrogen) atoms. The summed E-state index contributed by atoms with van der Waals surface area (Å²) in [7, 11) is 1.26. The van der Waals surface area contributed by atoms with Crippen molar-refractivity contribution in [1.29, 1.82) is 0 Å². The maximum atomic E-state index is 13.6. The monoisotopic (exact) mass is 345 g/mol. The number of pyridine rings is 1. The molecule has 0 unspecified atom stereocenters. The van der Waals surface area contributed by atoms with E-state index in [0.29, 0.717) is 11.4 Å². The van der Waals surface area contributed by atoms with E-state index in [2.05, 4.69) is 14.8 Å². The predicted octanol–water partition coefficient (Wildman–Crippen LogP) is 3.83. The number of rotatable bonds is 4. The van der Waals surface area contributed by atoms with Gasteiger partial charge in [0.15, 0.2) is 5.65 Å². The maximum absolute atomic E-state index is 13.6. The van der Waals surface area contributed by atoms with E-state index in [-0.39, 0.29) is 23.1 Å². The molecule has 3 aromatic rings. The lowest BCUT2D eigenvalue weighted by Gasteiger charge is -2.09. The van der Waals surface area contributed by atoms with E-state index in [1.807, 2.05) is 31.2 Å². The van der Waals surface area contributed by atoms with Gasteiger partial charge in [0.05, 0.1) is 23.9 Å². The first-order chi connectivity index (χ1) is 11.9. The minimum atomic E-state index is -2.68. The number of fused-ring (bicyclic) bond motifs is 1. The van der Waals surface area contributed by atoms with E-state index in [0.717, 1.165) is 11.1 Å². The van der Waals surface area contributed by atoms with E-state index in [9.17, 15) is 13.6 Å². The van der Waals surface area contributed by atoms with Crippen LogP contribution in [0.15, 0.2) is 30.3 Å². The molecule has 0 atom stereocenters. The van der Waals surface area contributed by atoms with Gasteiger partial charge in [0, 0.05) is 11.1 Å². The third kappa shape index (κ3) is 3.22. The number of aromatic nitrogens is 3. The average molecular weight is 345 g/mol. The average Bonchev–Trinajstić information content (AvgIpc) is 2.90. The van der Waals surface area contributed by atoms with Crippen molar-refractivity contribution in [3.05, 3.63) is 47.2 Å². The summed E-state index contributed by atoms with van der Waals surface area (Å²) in [4.78, 5) is 16.1. The number of ether oxygens (including phenoxy) is 1. The van der Waals surface area contributed by atoms with Crippen LogP contribution in [-0.4, -0.2) is 27.8 Å². The molecule has 0 amide bonds. The van der Waals surface area contributed by atoms with Crippen LogP contribution in [0, 0.1) is 13.8 Å². The molecule has 0 aliphatic heterocycles. The highest BCUT2D eigenvalue weighted by molar-refractivity contribution is 5.86. The van der Waals surface area contributed by atoms with Crippen LogP contribution in [0.3, 0.4) is 0 Å². The van der Waals surface area contributed by atoms with Crippen molar-refractivity contribution >= 4 is 17.0 Å². The highest BCUT2D eigenvalue weighted by Crippen LogP contribution is 2.33. The smallest absolute Gasteiger partial charge is 0.327 e. The second-order valence-electron chi connectivity index (χ2n) is 5.78. The number of alkyl halides is 2. The molecule has 5 nitrogen and oxygen atoms in total. The Labute approximate surface area is 143 Å². The molecule has 0 saturated heterocycles. The molecule has 0 fully saturated rings. The first kappa shape index (κ1) is 17.0. The Bertz CT molecular complexity index is 934. The van der Waals surface area contributed by atoms with Crippen molar-refractivity contribution in [2.45, 2.75) is 26.8 Å². The van der Waals surface area contributed by atoms with Gasteiger partial charge in [-0.1, -0.05) is 29.8 Å². The van der Waals surface area contributed by atoms with Gasteiger partial charge in [-0.15, -0.1) is 0 Å². The Morgan fingerprint density at radius 2 is 1.92 bits per heavy atom. The van der Waals surface area contributed by atoms with Crippen LogP contribution < -0.4 is 0 Å². The summed E-state index contributed by atoms with van der Waals surface area (Å²) in [6.45, 7) is 3.38. The number of aryl methyl sites for hydroxylation is 2. The number of methoxy groups -OCH3 is 1. The number of benzene rings is 1. The lowest BCUT2D eigenvalue weighted by atomic mass is 10.0. The molecular formula is C18H17F2N3O2. The van der Waals surface area contributed by atoms with Crippen LogP contribution in [0.2, 0.25) is 0 Å². The number of esters is 1. The standard InChI is InChI=1S/C18H17F2N3O2/c1-10-4-6-12(7-5-10)14-8-13(17(19)20)16-11(2)22-23(18(16)21-14)9-15(24)25-3/h4-8,17H,9H2,1-3H3. The maximum Gasteiger partial charge on any atom is 0.327 e. The highest BCUT2D eigenvalue weighted by atomic mass is 19.3. The van der Waals surface area contributed by atoms with Gasteiger partial charge in [-0.2, -0.15) is 5.10 Å². The van der Waals surface area contributed by atoms with Crippen LogP contribution in [0.1, 0.15) is 23.2 Å². The zero-order chi connectivity index (χ0) is 18.1. The second-order valence-corrected chi connectivity index (χ2v) is 5.78. The highest BCUT2D eigenvalue weighted by Gasteiger charge is 2.22. The van der Waals surface area contributed by atoms with Gasteiger partial charge in [-0.25, -0.2) is 18.4 Å². The van der Waals surface area contributed by atoms with Gasteiger partial charge in [-0.3, -0.25) is 4.79 Å². The van der Waals surface area contributed by atoms with Crippen LogP contribution in [0.25, 0.3) is 22.3 Å². The molecule has 0 aliphatic carbocycles. The van der Waals surface area contributed by atoms with Gasteiger partial charge < -0.3 is 4.74 Å². The molecule has 7 heteroatoms. The van der Waals surface area contributed by atoms with E-state index in [1.54, 1.807) is 6.92 Å². The Morgan fingerprint density at radius 1 is 1.24 bits per heavy atom. The fourth-order valence-corrected chi connectivity index (χ4v) is 2.73. The number of hydrogen-bond acceptors (Lipinski definition) is 4. The SMILES string of the molecule is COC(=O)Cn1nc(C)c2c(C(F)F)cc(-c3ccc(C)cc3)nc21. The minimum Gasteiger partial charge on any atom is -0.468 e. The van der Waals surface area contributed by atoms with Crippen molar-refractivity contribution in [2.75, 3.05) is 7.11 Å². The zero-order valence-electron chi connectivity index (χ0n) is 14.1. The van der Waals surface area contributed by atoms with Gasteiger partial charge in [0.25, 0.3) is 6.43 Å². The molecule has 0 spiro atoms. The molecule has 2 heterocycles. The Morgan fingerprint density at radius 3 is 2.52 bits per heavy atom. The number of nitrogens with zero attached hydrogens (tertiary/aromatic N) is 3. The Kier molecular flexibility index (Phi) is 4.48. The second kappa shape index (κ2) is 6.58. The Hall–Kier alpha value is -2.83. The van der Waals surface area contributed by atoms with Crippen LogP contribution >= 0.6 is 0 Å². The summed E-state index contributed by atoms with van der Waals surface area (Å²) < 4.78 is 33.2. The van der Waals surface area contributed by atoms with Crippen molar-refractivity contribution in [1.82, 2.24) is 14.8 Å². The van der Waals surface area contributed by atoms with Crippen molar-refractivity contribution in [3.63, 3.8) is 0 Å². The van der Waals surface area contributed by atoms with Crippen LogP contribution in [-0.2, 0) is 16.1 Å². The molecule has 0 aliphatic rings. The first-order valence-corrected chi connectivity index (χ1v) is 7.70. The molecule has 0 bridgehead atoms. The van der Waals surface area contributed by atoms with Gasteiger partial charge >= 0.3 is 5.97 Å². The molecule has 0 N–H and O–H groups in total. The quantitative estimate of drug-likeness (QED) is 0.675. The molecule has 0 radical (unpaired) electrons. The van der Waals surface area contributed by atoms with Crippen molar-refractivity contribution in [2.24, 2.45) is 0 Å². The van der Waals surface area contributed by atoms with Crippen LogP contribution in [0.5, 0.6) is 0 Å². The van der Waals surface area contributed by atoms with Gasteiger partial charge in [0.2, 0.25) is 0 Å². The zero-order valence-corrected chi connectivity index (χ0v) is 14.1. The van der Waals surface area contributed by atoms with E-state index in [4.69, 9.17) is 0 Å². The third-order valence-corrected chi connectivity index (χ3v) is 4.00. The molecule has 1 aromatic carbocycles. The van der Waals surface area contributed by atoms with E-state index in [1.165, 1.54) is 17.9 Å². The lowest BCUT2D eigenvalue weighted by molar-refractivity contribution is -0.141. The summed E-state index contributed by atoms with van der Waals surface area (Å²) in [5, 5.41) is 4.46. The third-order valence-electron chi connectivity index (χ3n) is 4.00. The van der Waals surface area contributed by atoms with Crippen molar-refractivity contribution < 1.29 is 18.3 Å². The largest absolute Gasteiger partial charge is 0.468 e. The molecule has 3 rings (SSSR count). The van der Waals surface area contributed by atoms with E-state index < -0.39 is 12.4 Å².